The van der Waals surface area contributed by atoms with Gasteiger partial charge in [0.25, 0.3) is 0 Å². The zero-order chi connectivity index (χ0) is 14.5. The first kappa shape index (κ1) is 14.1. The van der Waals surface area contributed by atoms with Gasteiger partial charge in [-0.25, -0.2) is 4.39 Å². The third-order valence-corrected chi connectivity index (χ3v) is 4.12. The summed E-state index contributed by atoms with van der Waals surface area (Å²) >= 11 is 0. The average molecular weight is 284 g/mol. The molecule has 3 rings (SSSR count). The van der Waals surface area contributed by atoms with Crippen LogP contribution in [0, 0.1) is 5.82 Å². The molecular formula is C18H21FN2. The standard InChI is InChI=1S/C18H21FN2/c19-17-8-4-5-9-18(17)21-14-12-20(13-15-21)11-10-16-6-2-1-3-7-16/h1-9H,10-15H2. The third-order valence-electron chi connectivity index (χ3n) is 4.12. The highest BCUT2D eigenvalue weighted by atomic mass is 19.1. The number of para-hydroxylation sites is 1. The van der Waals surface area contributed by atoms with E-state index in [9.17, 15) is 4.39 Å². The molecule has 0 atom stereocenters. The van der Waals surface area contributed by atoms with Crippen molar-refractivity contribution < 1.29 is 4.39 Å². The molecule has 1 aliphatic rings. The van der Waals surface area contributed by atoms with Crippen LogP contribution in [-0.4, -0.2) is 37.6 Å². The van der Waals surface area contributed by atoms with Crippen molar-refractivity contribution in [3.05, 3.63) is 66.0 Å². The summed E-state index contributed by atoms with van der Waals surface area (Å²) in [6.45, 7) is 4.88. The maximum Gasteiger partial charge on any atom is 0.146 e. The van der Waals surface area contributed by atoms with Gasteiger partial charge in [-0.3, -0.25) is 4.90 Å². The van der Waals surface area contributed by atoms with Crippen LogP contribution in [0.4, 0.5) is 10.1 Å². The maximum absolute atomic E-state index is 13.8. The van der Waals surface area contributed by atoms with Gasteiger partial charge in [0.2, 0.25) is 0 Å². The number of anilines is 1. The molecule has 0 aromatic heterocycles. The first-order valence-corrected chi connectivity index (χ1v) is 7.59. The Labute approximate surface area is 125 Å². The van der Waals surface area contributed by atoms with E-state index in [1.54, 1.807) is 6.07 Å². The van der Waals surface area contributed by atoms with Gasteiger partial charge < -0.3 is 4.90 Å². The monoisotopic (exact) mass is 284 g/mol. The zero-order valence-corrected chi connectivity index (χ0v) is 12.2. The quantitative estimate of drug-likeness (QED) is 0.851. The van der Waals surface area contributed by atoms with Crippen LogP contribution in [0.2, 0.25) is 0 Å². The highest BCUT2D eigenvalue weighted by Gasteiger charge is 2.18. The topological polar surface area (TPSA) is 6.48 Å². The number of hydrogen-bond acceptors (Lipinski definition) is 2. The van der Waals surface area contributed by atoms with Gasteiger partial charge in [0.05, 0.1) is 5.69 Å². The van der Waals surface area contributed by atoms with Gasteiger partial charge in [0.1, 0.15) is 5.82 Å². The molecule has 1 heterocycles. The summed E-state index contributed by atoms with van der Waals surface area (Å²) in [6, 6.07) is 17.6. The van der Waals surface area contributed by atoms with Crippen molar-refractivity contribution in [2.75, 3.05) is 37.6 Å². The van der Waals surface area contributed by atoms with E-state index in [2.05, 4.69) is 40.1 Å². The van der Waals surface area contributed by atoms with E-state index in [0.29, 0.717) is 0 Å². The molecule has 0 unspecified atom stereocenters. The van der Waals surface area contributed by atoms with Crippen LogP contribution in [-0.2, 0) is 6.42 Å². The van der Waals surface area contributed by atoms with Gasteiger partial charge in [-0.15, -0.1) is 0 Å². The molecule has 1 saturated heterocycles. The predicted molar refractivity (Wildman–Crippen MR) is 85.2 cm³/mol. The molecule has 1 fully saturated rings. The third kappa shape index (κ3) is 3.61. The molecule has 110 valence electrons. The van der Waals surface area contributed by atoms with Crippen LogP contribution < -0.4 is 4.90 Å². The average Bonchev–Trinajstić information content (AvgIpc) is 2.55. The number of benzene rings is 2. The smallest absolute Gasteiger partial charge is 0.146 e. The minimum absolute atomic E-state index is 0.116. The molecular weight excluding hydrogens is 263 g/mol. The Bertz CT molecular complexity index is 562. The van der Waals surface area contributed by atoms with Crippen molar-refractivity contribution >= 4 is 5.69 Å². The lowest BCUT2D eigenvalue weighted by molar-refractivity contribution is 0.260. The van der Waals surface area contributed by atoms with Crippen molar-refractivity contribution in [1.29, 1.82) is 0 Å². The second-order valence-electron chi connectivity index (χ2n) is 5.52. The number of piperazine rings is 1. The van der Waals surface area contributed by atoms with Gasteiger partial charge in [-0.05, 0) is 24.1 Å². The Balaban J connectivity index is 1.50. The van der Waals surface area contributed by atoms with E-state index in [4.69, 9.17) is 0 Å². The van der Waals surface area contributed by atoms with Gasteiger partial charge >= 0.3 is 0 Å². The summed E-state index contributed by atoms with van der Waals surface area (Å²) in [5, 5.41) is 0. The van der Waals surface area contributed by atoms with Crippen LogP contribution in [0.5, 0.6) is 0 Å². The number of nitrogens with zero attached hydrogens (tertiary/aromatic N) is 2. The van der Waals surface area contributed by atoms with E-state index in [1.165, 1.54) is 11.6 Å². The van der Waals surface area contributed by atoms with E-state index in [-0.39, 0.29) is 5.82 Å². The Morgan fingerprint density at radius 2 is 1.48 bits per heavy atom. The van der Waals surface area contributed by atoms with Crippen LogP contribution in [0.15, 0.2) is 54.6 Å². The lowest BCUT2D eigenvalue weighted by Crippen LogP contribution is -2.47. The Morgan fingerprint density at radius 3 is 2.19 bits per heavy atom. The first-order valence-electron chi connectivity index (χ1n) is 7.59. The molecule has 2 aromatic carbocycles. The maximum atomic E-state index is 13.8. The largest absolute Gasteiger partial charge is 0.367 e. The fraction of sp³-hybridized carbons (Fsp3) is 0.333. The van der Waals surface area contributed by atoms with Crippen molar-refractivity contribution in [2.24, 2.45) is 0 Å². The Morgan fingerprint density at radius 1 is 0.810 bits per heavy atom. The van der Waals surface area contributed by atoms with Crippen LogP contribution in [0.1, 0.15) is 5.56 Å². The second-order valence-corrected chi connectivity index (χ2v) is 5.52. The summed E-state index contributed by atoms with van der Waals surface area (Å²) in [5.41, 5.74) is 2.12. The normalized spacial score (nSPS) is 16.1. The second kappa shape index (κ2) is 6.72. The van der Waals surface area contributed by atoms with Gasteiger partial charge in [0.15, 0.2) is 0 Å². The Kier molecular flexibility index (Phi) is 4.51. The molecule has 0 radical (unpaired) electrons. The summed E-state index contributed by atoms with van der Waals surface area (Å²) in [6.07, 6.45) is 1.08. The number of hydrogen-bond donors (Lipinski definition) is 0. The zero-order valence-electron chi connectivity index (χ0n) is 12.2. The molecule has 2 nitrogen and oxygen atoms in total. The molecule has 0 N–H and O–H groups in total. The summed E-state index contributed by atoms with van der Waals surface area (Å²) in [4.78, 5) is 4.61. The number of halogens is 1. The highest BCUT2D eigenvalue weighted by molar-refractivity contribution is 5.47. The van der Waals surface area contributed by atoms with E-state index >= 15 is 0 Å². The summed E-state index contributed by atoms with van der Waals surface area (Å²) < 4.78 is 13.8. The lowest BCUT2D eigenvalue weighted by Gasteiger charge is -2.36. The molecule has 0 saturated carbocycles. The number of rotatable bonds is 4. The highest BCUT2D eigenvalue weighted by Crippen LogP contribution is 2.20. The Hall–Kier alpha value is -1.87. The minimum Gasteiger partial charge on any atom is -0.367 e. The molecule has 3 heteroatoms. The molecule has 0 spiro atoms. The van der Waals surface area contributed by atoms with E-state index in [0.717, 1.165) is 44.8 Å². The molecule has 0 aliphatic carbocycles. The van der Waals surface area contributed by atoms with Crippen molar-refractivity contribution in [1.82, 2.24) is 4.90 Å². The van der Waals surface area contributed by atoms with E-state index in [1.807, 2.05) is 12.1 Å². The minimum atomic E-state index is -0.116. The van der Waals surface area contributed by atoms with Crippen molar-refractivity contribution in [3.8, 4) is 0 Å². The van der Waals surface area contributed by atoms with Gasteiger partial charge in [-0.1, -0.05) is 42.5 Å². The lowest BCUT2D eigenvalue weighted by atomic mass is 10.1. The summed E-state index contributed by atoms with van der Waals surface area (Å²) in [7, 11) is 0. The fourth-order valence-electron chi connectivity index (χ4n) is 2.85. The van der Waals surface area contributed by atoms with Gasteiger partial charge in [-0.2, -0.15) is 0 Å². The van der Waals surface area contributed by atoms with Crippen molar-refractivity contribution in [3.63, 3.8) is 0 Å². The first-order chi connectivity index (χ1) is 10.3. The molecule has 1 aliphatic heterocycles. The molecule has 0 bridgehead atoms. The van der Waals surface area contributed by atoms with E-state index < -0.39 is 0 Å². The predicted octanol–water partition coefficient (Wildman–Crippen LogP) is 3.19. The molecule has 21 heavy (non-hydrogen) atoms. The molecule has 0 amide bonds. The fourth-order valence-corrected chi connectivity index (χ4v) is 2.85. The van der Waals surface area contributed by atoms with Crippen molar-refractivity contribution in [2.45, 2.75) is 6.42 Å². The van der Waals surface area contributed by atoms with Crippen LogP contribution in [0.25, 0.3) is 0 Å². The SMILES string of the molecule is Fc1ccccc1N1CCN(CCc2ccccc2)CC1. The molecule has 2 aromatic rings. The van der Waals surface area contributed by atoms with Gasteiger partial charge in [0, 0.05) is 32.7 Å². The van der Waals surface area contributed by atoms with Crippen LogP contribution >= 0.6 is 0 Å². The summed E-state index contributed by atoms with van der Waals surface area (Å²) in [5.74, 6) is -0.116. The van der Waals surface area contributed by atoms with Crippen LogP contribution in [0.3, 0.4) is 0 Å².